The summed E-state index contributed by atoms with van der Waals surface area (Å²) in [6, 6.07) is 3.71. The van der Waals surface area contributed by atoms with Crippen molar-refractivity contribution in [2.24, 2.45) is 0 Å². The quantitative estimate of drug-likeness (QED) is 0.640. The van der Waals surface area contributed by atoms with E-state index in [2.05, 4.69) is 4.74 Å². The van der Waals surface area contributed by atoms with Crippen LogP contribution in [0.1, 0.15) is 10.4 Å². The molecule has 5 nitrogen and oxygen atoms in total. The zero-order valence-corrected chi connectivity index (χ0v) is 9.86. The highest BCUT2D eigenvalue weighted by Crippen LogP contribution is 2.28. The van der Waals surface area contributed by atoms with Crippen LogP contribution in [0, 0.1) is 0 Å². The molecule has 0 heterocycles. The van der Waals surface area contributed by atoms with E-state index in [9.17, 15) is 18.0 Å². The molecule has 0 bridgehead atoms. The number of ether oxygens (including phenoxy) is 3. The molecule has 0 radical (unpaired) electrons. The second-order valence-electron chi connectivity index (χ2n) is 3.40. The molecule has 0 fully saturated rings. The normalized spacial score (nSPS) is 11.2. The number of methoxy groups -OCH3 is 1. The summed E-state index contributed by atoms with van der Waals surface area (Å²) >= 11 is 0. The SMILES string of the molecule is COc1cc(C(=O)O)ccc1OCOCC(F)(F)F. The van der Waals surface area contributed by atoms with Crippen LogP contribution in [0.2, 0.25) is 0 Å². The van der Waals surface area contributed by atoms with Gasteiger partial charge in [0.2, 0.25) is 0 Å². The molecular formula is C11H11F3O5. The number of carbonyl (C=O) groups is 1. The fourth-order valence-electron chi connectivity index (χ4n) is 1.18. The van der Waals surface area contributed by atoms with Crippen molar-refractivity contribution in [3.8, 4) is 11.5 Å². The summed E-state index contributed by atoms with van der Waals surface area (Å²) < 4.78 is 49.4. The molecule has 19 heavy (non-hydrogen) atoms. The van der Waals surface area contributed by atoms with Gasteiger partial charge in [0.15, 0.2) is 18.3 Å². The number of hydrogen-bond donors (Lipinski definition) is 1. The van der Waals surface area contributed by atoms with Crippen molar-refractivity contribution in [2.45, 2.75) is 6.18 Å². The van der Waals surface area contributed by atoms with Crippen molar-refractivity contribution in [1.82, 2.24) is 0 Å². The first kappa shape index (κ1) is 15.1. The van der Waals surface area contributed by atoms with Gasteiger partial charge in [0.05, 0.1) is 12.7 Å². The Bertz CT molecular complexity index is 444. The van der Waals surface area contributed by atoms with Crippen molar-refractivity contribution in [3.63, 3.8) is 0 Å². The maximum atomic E-state index is 11.8. The Kier molecular flexibility index (Phi) is 4.99. The van der Waals surface area contributed by atoms with Crippen LogP contribution in [-0.4, -0.2) is 37.8 Å². The molecule has 106 valence electrons. The summed E-state index contributed by atoms with van der Waals surface area (Å²) in [5, 5.41) is 8.75. The van der Waals surface area contributed by atoms with Gasteiger partial charge in [-0.15, -0.1) is 0 Å². The van der Waals surface area contributed by atoms with Gasteiger partial charge < -0.3 is 19.3 Å². The lowest BCUT2D eigenvalue weighted by molar-refractivity contribution is -0.186. The van der Waals surface area contributed by atoms with Crippen LogP contribution in [0.15, 0.2) is 18.2 Å². The maximum absolute atomic E-state index is 11.8. The highest BCUT2D eigenvalue weighted by Gasteiger charge is 2.27. The third-order valence-corrected chi connectivity index (χ3v) is 1.97. The standard InChI is InChI=1S/C11H11F3O5/c1-17-9-4-7(10(15)16)2-3-8(9)19-6-18-5-11(12,13)14/h2-4H,5-6H2,1H3,(H,15,16). The minimum absolute atomic E-state index is 0.0274. The molecule has 0 saturated heterocycles. The Morgan fingerprint density at radius 2 is 2.00 bits per heavy atom. The lowest BCUT2D eigenvalue weighted by atomic mass is 10.2. The molecule has 0 aliphatic carbocycles. The lowest BCUT2D eigenvalue weighted by Gasteiger charge is -2.12. The van der Waals surface area contributed by atoms with Gasteiger partial charge in [-0.05, 0) is 18.2 Å². The summed E-state index contributed by atoms with van der Waals surface area (Å²) in [6.45, 7) is -2.05. The van der Waals surface area contributed by atoms with Crippen molar-refractivity contribution < 1.29 is 37.3 Å². The number of halogens is 3. The minimum Gasteiger partial charge on any atom is -0.493 e. The molecule has 0 unspecified atom stereocenters. The zero-order valence-electron chi connectivity index (χ0n) is 9.86. The molecule has 0 saturated carbocycles. The summed E-state index contributed by atoms with van der Waals surface area (Å²) in [7, 11) is 1.28. The first-order chi connectivity index (χ1) is 8.83. The van der Waals surface area contributed by atoms with Crippen LogP contribution < -0.4 is 9.47 Å². The van der Waals surface area contributed by atoms with Gasteiger partial charge in [-0.3, -0.25) is 0 Å². The van der Waals surface area contributed by atoms with Crippen molar-refractivity contribution >= 4 is 5.97 Å². The first-order valence-electron chi connectivity index (χ1n) is 5.02. The summed E-state index contributed by atoms with van der Waals surface area (Å²) in [5.74, 6) is -0.969. The van der Waals surface area contributed by atoms with E-state index in [4.69, 9.17) is 14.6 Å². The van der Waals surface area contributed by atoms with Gasteiger partial charge >= 0.3 is 12.1 Å². The zero-order chi connectivity index (χ0) is 14.5. The van der Waals surface area contributed by atoms with Crippen molar-refractivity contribution in [1.29, 1.82) is 0 Å². The Hall–Kier alpha value is -1.96. The molecular weight excluding hydrogens is 269 g/mol. The average molecular weight is 280 g/mol. The van der Waals surface area contributed by atoms with Gasteiger partial charge in [-0.2, -0.15) is 13.2 Å². The van der Waals surface area contributed by atoms with E-state index >= 15 is 0 Å². The molecule has 0 aliphatic heterocycles. The van der Waals surface area contributed by atoms with Crippen LogP contribution >= 0.6 is 0 Å². The lowest BCUT2D eigenvalue weighted by Crippen LogP contribution is -2.19. The smallest absolute Gasteiger partial charge is 0.411 e. The Morgan fingerprint density at radius 1 is 1.32 bits per heavy atom. The Labute approximate surface area is 106 Å². The van der Waals surface area contributed by atoms with Crippen molar-refractivity contribution in [3.05, 3.63) is 23.8 Å². The Morgan fingerprint density at radius 3 is 2.53 bits per heavy atom. The van der Waals surface area contributed by atoms with Crippen LogP contribution in [0.5, 0.6) is 11.5 Å². The van der Waals surface area contributed by atoms with E-state index < -0.39 is 25.5 Å². The van der Waals surface area contributed by atoms with E-state index in [-0.39, 0.29) is 17.1 Å². The summed E-state index contributed by atoms with van der Waals surface area (Å²) in [6.07, 6.45) is -4.43. The third-order valence-electron chi connectivity index (χ3n) is 1.97. The predicted octanol–water partition coefficient (Wildman–Crippen LogP) is 2.31. The van der Waals surface area contributed by atoms with E-state index in [0.29, 0.717) is 0 Å². The molecule has 1 rings (SSSR count). The largest absolute Gasteiger partial charge is 0.493 e. The highest BCUT2D eigenvalue weighted by molar-refractivity contribution is 5.88. The maximum Gasteiger partial charge on any atom is 0.411 e. The van der Waals surface area contributed by atoms with Gasteiger partial charge in [0.1, 0.15) is 6.61 Å². The first-order valence-corrected chi connectivity index (χ1v) is 5.02. The van der Waals surface area contributed by atoms with Crippen LogP contribution in [-0.2, 0) is 4.74 Å². The van der Waals surface area contributed by atoms with E-state index in [1.165, 1.54) is 25.3 Å². The predicted molar refractivity (Wildman–Crippen MR) is 57.5 cm³/mol. The fourth-order valence-corrected chi connectivity index (χ4v) is 1.18. The van der Waals surface area contributed by atoms with Gasteiger partial charge in [0, 0.05) is 0 Å². The second-order valence-corrected chi connectivity index (χ2v) is 3.40. The number of hydrogen-bond acceptors (Lipinski definition) is 4. The number of alkyl halides is 3. The minimum atomic E-state index is -4.43. The van der Waals surface area contributed by atoms with Crippen LogP contribution in [0.3, 0.4) is 0 Å². The van der Waals surface area contributed by atoms with Gasteiger partial charge in [0.25, 0.3) is 0 Å². The van der Waals surface area contributed by atoms with Gasteiger partial charge in [-0.25, -0.2) is 4.79 Å². The van der Waals surface area contributed by atoms with E-state index in [0.717, 1.165) is 0 Å². The highest BCUT2D eigenvalue weighted by atomic mass is 19.4. The number of rotatable bonds is 6. The number of benzene rings is 1. The molecule has 1 aromatic rings. The molecule has 8 heteroatoms. The monoisotopic (exact) mass is 280 g/mol. The molecule has 1 N–H and O–H groups in total. The molecule has 0 aliphatic rings. The van der Waals surface area contributed by atoms with Crippen molar-refractivity contribution in [2.75, 3.05) is 20.5 Å². The summed E-state index contributed by atoms with van der Waals surface area (Å²) in [5.41, 5.74) is -0.0274. The molecule has 1 aromatic carbocycles. The topological polar surface area (TPSA) is 65.0 Å². The average Bonchev–Trinajstić information content (AvgIpc) is 2.33. The van der Waals surface area contributed by atoms with Gasteiger partial charge in [-0.1, -0.05) is 0 Å². The van der Waals surface area contributed by atoms with Crippen LogP contribution in [0.4, 0.5) is 13.2 Å². The number of carboxylic acid groups (broad SMARTS) is 1. The third kappa shape index (κ3) is 5.04. The van der Waals surface area contributed by atoms with Crippen LogP contribution in [0.25, 0.3) is 0 Å². The molecule has 0 aromatic heterocycles. The number of carboxylic acids is 1. The molecule has 0 atom stereocenters. The Balaban J connectivity index is 2.61. The number of aromatic carboxylic acids is 1. The van der Waals surface area contributed by atoms with E-state index in [1.807, 2.05) is 0 Å². The molecule has 0 amide bonds. The summed E-state index contributed by atoms with van der Waals surface area (Å²) in [4.78, 5) is 10.7. The van der Waals surface area contributed by atoms with E-state index in [1.54, 1.807) is 0 Å². The molecule has 0 spiro atoms. The fraction of sp³-hybridized carbons (Fsp3) is 0.364. The second kappa shape index (κ2) is 6.28.